The highest BCUT2D eigenvalue weighted by Crippen LogP contribution is 2.58. The van der Waals surface area contributed by atoms with E-state index in [9.17, 15) is 8.42 Å². The molecule has 26 heavy (non-hydrogen) atoms. The first-order valence-electron chi connectivity index (χ1n) is 9.26. The van der Waals surface area contributed by atoms with Crippen LogP contribution < -0.4 is 5.43 Å². The molecule has 3 aliphatic carbocycles. The van der Waals surface area contributed by atoms with Crippen LogP contribution in [0.15, 0.2) is 40.0 Å². The number of pyridine rings is 1. The number of aromatic nitrogens is 1. The molecule has 142 valence electrons. The molecular weight excluding hydrogens is 348 g/mol. The molecule has 2 bridgehead atoms. The summed E-state index contributed by atoms with van der Waals surface area (Å²) in [6.45, 7) is 9.19. The molecule has 1 aromatic rings. The number of fused-ring (bicyclic) bond motifs is 1. The highest BCUT2D eigenvalue weighted by molar-refractivity contribution is 7.89. The highest BCUT2D eigenvalue weighted by atomic mass is 32.2. The van der Waals surface area contributed by atoms with Crippen molar-refractivity contribution >= 4 is 22.1 Å². The SMILES string of the molecule is CCN(CC)S(=O)(=O)c1ccc(N/N=C\C2=CC[C@H]3C[C@H]2C3(C)C)nc1. The van der Waals surface area contributed by atoms with Crippen LogP contribution in [0, 0.1) is 17.3 Å². The van der Waals surface area contributed by atoms with Gasteiger partial charge in [-0.25, -0.2) is 13.4 Å². The van der Waals surface area contributed by atoms with Crippen molar-refractivity contribution in [3.05, 3.63) is 30.0 Å². The minimum atomic E-state index is -3.48. The van der Waals surface area contributed by atoms with Gasteiger partial charge in [-0.3, -0.25) is 5.43 Å². The van der Waals surface area contributed by atoms with Crippen molar-refractivity contribution in [2.75, 3.05) is 18.5 Å². The maximum Gasteiger partial charge on any atom is 0.244 e. The van der Waals surface area contributed by atoms with Crippen molar-refractivity contribution in [2.24, 2.45) is 22.4 Å². The van der Waals surface area contributed by atoms with Crippen LogP contribution in [0.2, 0.25) is 0 Å². The van der Waals surface area contributed by atoms with Crippen molar-refractivity contribution in [3.8, 4) is 0 Å². The molecule has 6 nitrogen and oxygen atoms in total. The van der Waals surface area contributed by atoms with E-state index in [1.165, 1.54) is 22.5 Å². The normalized spacial score (nSPS) is 24.4. The molecule has 0 unspecified atom stereocenters. The zero-order chi connectivity index (χ0) is 18.9. The van der Waals surface area contributed by atoms with Crippen LogP contribution in [0.25, 0.3) is 0 Å². The molecule has 1 saturated carbocycles. The van der Waals surface area contributed by atoms with E-state index in [1.807, 2.05) is 20.1 Å². The molecule has 0 saturated heterocycles. The van der Waals surface area contributed by atoms with Crippen molar-refractivity contribution in [1.82, 2.24) is 9.29 Å². The largest absolute Gasteiger partial charge is 0.261 e. The second kappa shape index (κ2) is 7.12. The molecule has 2 atom stereocenters. The van der Waals surface area contributed by atoms with E-state index in [1.54, 1.807) is 12.1 Å². The third kappa shape index (κ3) is 3.30. The summed E-state index contributed by atoms with van der Waals surface area (Å²) < 4.78 is 26.3. The van der Waals surface area contributed by atoms with Crippen LogP contribution in [-0.4, -0.2) is 37.0 Å². The van der Waals surface area contributed by atoms with E-state index >= 15 is 0 Å². The Morgan fingerprint density at radius 3 is 2.62 bits per heavy atom. The Morgan fingerprint density at radius 1 is 1.35 bits per heavy atom. The Morgan fingerprint density at radius 2 is 2.08 bits per heavy atom. The van der Waals surface area contributed by atoms with E-state index in [0.717, 1.165) is 12.3 Å². The molecule has 3 aliphatic rings. The number of hydrogen-bond acceptors (Lipinski definition) is 5. The summed E-state index contributed by atoms with van der Waals surface area (Å²) in [5.41, 5.74) is 4.55. The van der Waals surface area contributed by atoms with Gasteiger partial charge in [0.15, 0.2) is 0 Å². The summed E-state index contributed by atoms with van der Waals surface area (Å²) in [6.07, 6.45) is 7.92. The van der Waals surface area contributed by atoms with Crippen LogP contribution in [0.3, 0.4) is 0 Å². The van der Waals surface area contributed by atoms with Gasteiger partial charge in [0.2, 0.25) is 10.0 Å². The summed E-state index contributed by atoms with van der Waals surface area (Å²) in [5.74, 6) is 1.92. The number of anilines is 1. The molecular formula is C19H28N4O2S. The van der Waals surface area contributed by atoms with E-state index < -0.39 is 10.0 Å². The fourth-order valence-corrected chi connectivity index (χ4v) is 5.43. The molecule has 1 aromatic heterocycles. The van der Waals surface area contributed by atoms with Crippen molar-refractivity contribution < 1.29 is 8.42 Å². The minimum absolute atomic E-state index is 0.202. The Kier molecular flexibility index (Phi) is 5.21. The second-order valence-corrected chi connectivity index (χ2v) is 9.52. The molecule has 7 heteroatoms. The number of rotatable bonds is 7. The summed E-state index contributed by atoms with van der Waals surface area (Å²) in [7, 11) is -3.48. The first kappa shape index (κ1) is 19.0. The maximum absolute atomic E-state index is 12.5. The van der Waals surface area contributed by atoms with Crippen molar-refractivity contribution in [1.29, 1.82) is 0 Å². The second-order valence-electron chi connectivity index (χ2n) is 7.58. The van der Waals surface area contributed by atoms with Gasteiger partial charge in [0.05, 0.1) is 6.21 Å². The molecule has 1 N–H and O–H groups in total. The number of nitrogens with zero attached hydrogens (tertiary/aromatic N) is 3. The maximum atomic E-state index is 12.5. The zero-order valence-corrected chi connectivity index (χ0v) is 16.8. The summed E-state index contributed by atoms with van der Waals surface area (Å²) >= 11 is 0. The van der Waals surface area contributed by atoms with Crippen LogP contribution in [-0.2, 0) is 10.0 Å². The lowest BCUT2D eigenvalue weighted by atomic mass is 9.49. The standard InChI is InChI=1S/C19H28N4O2S/c1-5-23(6-2)26(24,25)16-9-10-18(20-13-16)22-21-12-14-7-8-15-11-17(14)19(15,3)4/h7,9-10,12-13,15,17H,5-6,8,11H2,1-4H3,(H,20,22)/b21-12-/t15-,17+/m0/s1. The van der Waals surface area contributed by atoms with Crippen LogP contribution in [0.4, 0.5) is 5.82 Å². The van der Waals surface area contributed by atoms with Gasteiger partial charge in [-0.1, -0.05) is 33.8 Å². The summed E-state index contributed by atoms with van der Waals surface area (Å²) in [6, 6.07) is 3.21. The number of sulfonamides is 1. The third-order valence-electron chi connectivity index (χ3n) is 5.98. The molecule has 0 spiro atoms. The quantitative estimate of drug-likeness (QED) is 0.584. The van der Waals surface area contributed by atoms with Gasteiger partial charge >= 0.3 is 0 Å². The van der Waals surface area contributed by atoms with Gasteiger partial charge in [-0.05, 0) is 47.8 Å². The lowest BCUT2D eigenvalue weighted by molar-refractivity contribution is -0.00124. The van der Waals surface area contributed by atoms with E-state index in [2.05, 4.69) is 35.4 Å². The summed E-state index contributed by atoms with van der Waals surface area (Å²) in [4.78, 5) is 4.39. The van der Waals surface area contributed by atoms with Gasteiger partial charge in [-0.2, -0.15) is 9.41 Å². The van der Waals surface area contributed by atoms with Gasteiger partial charge in [0.1, 0.15) is 10.7 Å². The predicted octanol–water partition coefficient (Wildman–Crippen LogP) is 3.50. The third-order valence-corrected chi connectivity index (χ3v) is 8.02. The fourth-order valence-electron chi connectivity index (χ4n) is 4.03. The number of nitrogens with one attached hydrogen (secondary N) is 1. The van der Waals surface area contributed by atoms with Crippen LogP contribution in [0.5, 0.6) is 0 Å². The average Bonchev–Trinajstić information content (AvgIpc) is 2.63. The average molecular weight is 377 g/mol. The zero-order valence-electron chi connectivity index (χ0n) is 15.9. The lowest BCUT2D eigenvalue weighted by Crippen LogP contribution is -2.48. The molecule has 1 fully saturated rings. The molecule has 4 rings (SSSR count). The Hall–Kier alpha value is -1.73. The topological polar surface area (TPSA) is 74.7 Å². The van der Waals surface area contributed by atoms with Crippen LogP contribution in [0.1, 0.15) is 40.5 Å². The fraction of sp³-hybridized carbons (Fsp3) is 0.579. The molecule has 1 heterocycles. The molecule has 0 aromatic carbocycles. The van der Waals surface area contributed by atoms with Crippen molar-refractivity contribution in [3.63, 3.8) is 0 Å². The predicted molar refractivity (Wildman–Crippen MR) is 105 cm³/mol. The highest BCUT2D eigenvalue weighted by Gasteiger charge is 2.50. The number of hydrazone groups is 1. The minimum Gasteiger partial charge on any atom is -0.261 e. The van der Waals surface area contributed by atoms with Gasteiger partial charge in [0.25, 0.3) is 0 Å². The van der Waals surface area contributed by atoms with Gasteiger partial charge in [0, 0.05) is 19.3 Å². The number of allylic oxidation sites excluding steroid dienone is 2. The molecule has 0 aliphatic heterocycles. The Labute approximate surface area is 156 Å². The smallest absolute Gasteiger partial charge is 0.244 e. The first-order chi connectivity index (χ1) is 12.3. The van der Waals surface area contributed by atoms with Gasteiger partial charge < -0.3 is 0 Å². The van der Waals surface area contributed by atoms with E-state index in [-0.39, 0.29) is 4.90 Å². The Bertz CT molecular complexity index is 808. The first-order valence-corrected chi connectivity index (χ1v) is 10.7. The summed E-state index contributed by atoms with van der Waals surface area (Å²) in [5, 5.41) is 4.30. The van der Waals surface area contributed by atoms with Gasteiger partial charge in [-0.15, -0.1) is 0 Å². The molecule has 0 radical (unpaired) electrons. The van der Waals surface area contributed by atoms with Crippen molar-refractivity contribution in [2.45, 2.75) is 45.4 Å². The number of hydrogen-bond donors (Lipinski definition) is 1. The Balaban J connectivity index is 1.64. The molecule has 0 amide bonds. The van der Waals surface area contributed by atoms with E-state index in [0.29, 0.717) is 30.2 Å². The van der Waals surface area contributed by atoms with Crippen LogP contribution >= 0.6 is 0 Å². The lowest BCUT2D eigenvalue weighted by Gasteiger charge is -2.55. The monoisotopic (exact) mass is 376 g/mol. The van der Waals surface area contributed by atoms with E-state index in [4.69, 9.17) is 0 Å².